The van der Waals surface area contributed by atoms with Crippen molar-refractivity contribution in [3.63, 3.8) is 0 Å². The summed E-state index contributed by atoms with van der Waals surface area (Å²) in [5, 5.41) is 2.82. The minimum Gasteiger partial charge on any atom is -0.338 e. The molecule has 2 heterocycles. The van der Waals surface area contributed by atoms with Gasteiger partial charge in [-0.2, -0.15) is 13.2 Å². The van der Waals surface area contributed by atoms with Crippen LogP contribution in [0.3, 0.4) is 0 Å². The second-order valence-corrected chi connectivity index (χ2v) is 6.37. The molecule has 0 unspecified atom stereocenters. The Morgan fingerprint density at radius 3 is 2.10 bits per heavy atom. The zero-order valence-electron chi connectivity index (χ0n) is 15.4. The highest BCUT2D eigenvalue weighted by molar-refractivity contribution is 5.72. The van der Waals surface area contributed by atoms with Crippen molar-refractivity contribution >= 4 is 11.5 Å². The highest BCUT2D eigenvalue weighted by Gasteiger charge is 2.32. The lowest BCUT2D eigenvalue weighted by Gasteiger charge is -2.10. The van der Waals surface area contributed by atoms with E-state index in [0.29, 0.717) is 28.3 Å². The van der Waals surface area contributed by atoms with Crippen LogP contribution in [-0.4, -0.2) is 15.0 Å². The van der Waals surface area contributed by atoms with Gasteiger partial charge in [-0.25, -0.2) is 14.4 Å². The molecule has 1 N–H and O–H groups in total. The van der Waals surface area contributed by atoms with Crippen LogP contribution in [0.5, 0.6) is 0 Å². The summed E-state index contributed by atoms with van der Waals surface area (Å²) in [4.78, 5) is 11.8. The number of nitrogens with zero attached hydrogens (tertiary/aromatic N) is 3. The van der Waals surface area contributed by atoms with Crippen molar-refractivity contribution in [1.29, 1.82) is 0 Å². The maximum atomic E-state index is 15.0. The van der Waals surface area contributed by atoms with Gasteiger partial charge in [-0.1, -0.05) is 42.5 Å². The Labute approximate surface area is 169 Å². The van der Waals surface area contributed by atoms with E-state index in [0.717, 1.165) is 17.8 Å². The van der Waals surface area contributed by atoms with Gasteiger partial charge < -0.3 is 5.32 Å². The first-order chi connectivity index (χ1) is 14.4. The Bertz CT molecular complexity index is 1140. The summed E-state index contributed by atoms with van der Waals surface area (Å²) in [5.74, 6) is -0.120. The number of hydrogen-bond donors (Lipinski definition) is 1. The van der Waals surface area contributed by atoms with Gasteiger partial charge in [0.1, 0.15) is 17.3 Å². The van der Waals surface area contributed by atoms with Crippen LogP contribution in [0.4, 0.5) is 29.1 Å². The lowest BCUT2D eigenvalue weighted by atomic mass is 10.0. The molecule has 0 aliphatic heterocycles. The van der Waals surface area contributed by atoms with E-state index in [1.54, 1.807) is 18.2 Å². The van der Waals surface area contributed by atoms with Crippen LogP contribution in [0.2, 0.25) is 0 Å². The quantitative estimate of drug-likeness (QED) is 0.413. The summed E-state index contributed by atoms with van der Waals surface area (Å²) in [5.41, 5.74) is 1.17. The molecule has 2 aromatic heterocycles. The van der Waals surface area contributed by atoms with Crippen LogP contribution >= 0.6 is 0 Å². The van der Waals surface area contributed by atoms with Crippen molar-refractivity contribution in [2.45, 2.75) is 6.18 Å². The van der Waals surface area contributed by atoms with Gasteiger partial charge in [0, 0.05) is 11.1 Å². The van der Waals surface area contributed by atoms with E-state index in [1.165, 1.54) is 18.5 Å². The normalized spacial score (nSPS) is 11.3. The average Bonchev–Trinajstić information content (AvgIpc) is 2.75. The van der Waals surface area contributed by atoms with Gasteiger partial charge in [0.15, 0.2) is 0 Å². The summed E-state index contributed by atoms with van der Waals surface area (Å²) in [6, 6.07) is 16.3. The van der Waals surface area contributed by atoms with Crippen molar-refractivity contribution < 1.29 is 17.6 Å². The van der Waals surface area contributed by atoms with Gasteiger partial charge in [0.05, 0.1) is 30.0 Å². The molecule has 0 fully saturated rings. The first-order valence-electron chi connectivity index (χ1n) is 8.88. The number of halogens is 4. The van der Waals surface area contributed by atoms with E-state index < -0.39 is 17.7 Å². The first-order valence-corrected chi connectivity index (χ1v) is 8.88. The predicted molar refractivity (Wildman–Crippen MR) is 105 cm³/mol. The van der Waals surface area contributed by atoms with Gasteiger partial charge in [0.25, 0.3) is 0 Å². The molecule has 4 rings (SSSR count). The Morgan fingerprint density at radius 2 is 1.47 bits per heavy atom. The summed E-state index contributed by atoms with van der Waals surface area (Å²) >= 11 is 0. The van der Waals surface area contributed by atoms with E-state index in [-0.39, 0.29) is 0 Å². The Hall–Kier alpha value is -3.81. The van der Waals surface area contributed by atoms with E-state index in [9.17, 15) is 13.2 Å². The third kappa shape index (κ3) is 4.12. The number of benzene rings is 2. The summed E-state index contributed by atoms with van der Waals surface area (Å²) < 4.78 is 52.8. The zero-order chi connectivity index (χ0) is 21.1. The standard InChI is InChI=1S/C22H14F4N4/c23-21-16(14-5-2-1-3-6-14)7-4-8-17(21)18-12-29-20(13-27-18)30-15-9-10-19(28-11-15)22(24,25)26/h1-13H,(H,29,30). The molecule has 0 aliphatic carbocycles. The molecule has 4 nitrogen and oxygen atoms in total. The highest BCUT2D eigenvalue weighted by atomic mass is 19.4. The van der Waals surface area contributed by atoms with Crippen LogP contribution in [0.15, 0.2) is 79.3 Å². The monoisotopic (exact) mass is 410 g/mol. The molecule has 0 saturated heterocycles. The number of nitrogens with one attached hydrogen (secondary N) is 1. The van der Waals surface area contributed by atoms with Gasteiger partial charge in [-0.15, -0.1) is 0 Å². The molecule has 2 aromatic carbocycles. The molecule has 0 saturated carbocycles. The Balaban J connectivity index is 1.56. The Kier molecular flexibility index (Phi) is 5.14. The summed E-state index contributed by atoms with van der Waals surface area (Å²) in [7, 11) is 0. The van der Waals surface area contributed by atoms with E-state index >= 15 is 4.39 Å². The number of alkyl halides is 3. The van der Waals surface area contributed by atoms with Crippen molar-refractivity contribution in [1.82, 2.24) is 15.0 Å². The van der Waals surface area contributed by atoms with Gasteiger partial charge in [-0.05, 0) is 23.8 Å². The zero-order valence-corrected chi connectivity index (χ0v) is 15.4. The second-order valence-electron chi connectivity index (χ2n) is 6.37. The fourth-order valence-electron chi connectivity index (χ4n) is 2.89. The number of rotatable bonds is 4. The minimum atomic E-state index is -4.50. The fraction of sp³-hybridized carbons (Fsp3) is 0.0455. The number of pyridine rings is 1. The number of anilines is 2. The molecule has 0 amide bonds. The van der Waals surface area contributed by atoms with Gasteiger partial charge >= 0.3 is 6.18 Å². The fourth-order valence-corrected chi connectivity index (χ4v) is 2.89. The average molecular weight is 410 g/mol. The third-order valence-corrected chi connectivity index (χ3v) is 4.34. The molecule has 0 bridgehead atoms. The molecule has 4 aromatic rings. The topological polar surface area (TPSA) is 50.7 Å². The highest BCUT2D eigenvalue weighted by Crippen LogP contribution is 2.30. The number of hydrogen-bond acceptors (Lipinski definition) is 4. The van der Waals surface area contributed by atoms with Crippen molar-refractivity contribution in [2.24, 2.45) is 0 Å². The summed E-state index contributed by atoms with van der Waals surface area (Å²) in [6.45, 7) is 0. The van der Waals surface area contributed by atoms with E-state index in [2.05, 4.69) is 20.3 Å². The molecule has 0 atom stereocenters. The molecular weight excluding hydrogens is 396 g/mol. The maximum Gasteiger partial charge on any atom is 0.433 e. The third-order valence-electron chi connectivity index (χ3n) is 4.34. The largest absolute Gasteiger partial charge is 0.433 e. The van der Waals surface area contributed by atoms with Crippen LogP contribution < -0.4 is 5.32 Å². The smallest absolute Gasteiger partial charge is 0.338 e. The van der Waals surface area contributed by atoms with Crippen LogP contribution in [-0.2, 0) is 6.18 Å². The second kappa shape index (κ2) is 7.90. The lowest BCUT2D eigenvalue weighted by Crippen LogP contribution is -2.07. The van der Waals surface area contributed by atoms with E-state index in [4.69, 9.17) is 0 Å². The number of aromatic nitrogens is 3. The molecule has 30 heavy (non-hydrogen) atoms. The molecule has 0 spiro atoms. The van der Waals surface area contributed by atoms with Crippen molar-refractivity contribution in [3.8, 4) is 22.4 Å². The molecule has 0 radical (unpaired) electrons. The van der Waals surface area contributed by atoms with Crippen LogP contribution in [0, 0.1) is 5.82 Å². The van der Waals surface area contributed by atoms with Gasteiger partial charge in [0.2, 0.25) is 0 Å². The molecular formula is C22H14F4N4. The maximum absolute atomic E-state index is 15.0. The minimum absolute atomic E-state index is 0.292. The molecule has 0 aliphatic rings. The Morgan fingerprint density at radius 1 is 0.700 bits per heavy atom. The first kappa shape index (κ1) is 19.5. The van der Waals surface area contributed by atoms with Gasteiger partial charge in [-0.3, -0.25) is 4.98 Å². The van der Waals surface area contributed by atoms with Crippen molar-refractivity contribution in [3.05, 3.63) is 90.8 Å². The summed E-state index contributed by atoms with van der Waals surface area (Å²) in [6.07, 6.45) is -0.672. The lowest BCUT2D eigenvalue weighted by molar-refractivity contribution is -0.141. The van der Waals surface area contributed by atoms with Crippen LogP contribution in [0.1, 0.15) is 5.69 Å². The van der Waals surface area contributed by atoms with E-state index in [1.807, 2.05) is 30.3 Å². The van der Waals surface area contributed by atoms with Crippen molar-refractivity contribution in [2.75, 3.05) is 5.32 Å². The molecule has 8 heteroatoms. The predicted octanol–water partition coefficient (Wildman–Crippen LogP) is 6.11. The van der Waals surface area contributed by atoms with Crippen LogP contribution in [0.25, 0.3) is 22.4 Å². The molecule has 150 valence electrons. The SMILES string of the molecule is Fc1c(-c2ccccc2)cccc1-c1cnc(Nc2ccc(C(F)(F)F)nc2)cn1.